The fourth-order valence-electron chi connectivity index (χ4n) is 1.52. The number of aromatic nitrogens is 4. The molecule has 92 valence electrons. The Balaban J connectivity index is 2.40. The monoisotopic (exact) mass is 256 g/mol. The minimum atomic E-state index is -3.53. The summed E-state index contributed by atoms with van der Waals surface area (Å²) in [5, 5.41) is 10.8. The summed E-state index contributed by atoms with van der Waals surface area (Å²) in [6.07, 6.45) is 1.35. The van der Waals surface area contributed by atoms with E-state index in [-0.39, 0.29) is 10.9 Å². The first kappa shape index (κ1) is 11.8. The van der Waals surface area contributed by atoms with E-state index < -0.39 is 9.84 Å². The molecule has 0 saturated heterocycles. The molecule has 7 nitrogen and oxygen atoms in total. The molecule has 0 bridgehead atoms. The zero-order valence-electron chi connectivity index (χ0n) is 9.71. The Morgan fingerprint density at radius 2 is 2.12 bits per heavy atom. The molecule has 0 aliphatic carbocycles. The summed E-state index contributed by atoms with van der Waals surface area (Å²) in [7, 11) is -1.94. The highest BCUT2D eigenvalue weighted by Crippen LogP contribution is 2.19. The Labute approximate surface area is 98.4 Å². The third-order valence-electron chi connectivity index (χ3n) is 2.46. The second kappa shape index (κ2) is 3.95. The molecule has 0 spiro atoms. The lowest BCUT2D eigenvalue weighted by molar-refractivity contribution is 0.392. The van der Waals surface area contributed by atoms with Crippen molar-refractivity contribution in [3.8, 4) is 0 Å². The minimum absolute atomic E-state index is 0.0579. The number of rotatable bonds is 3. The fourth-order valence-corrected chi connectivity index (χ4v) is 3.10. The van der Waals surface area contributed by atoms with Crippen molar-refractivity contribution in [1.29, 1.82) is 0 Å². The van der Waals surface area contributed by atoms with Crippen molar-refractivity contribution < 1.29 is 12.9 Å². The Morgan fingerprint density at radius 3 is 2.59 bits per heavy atom. The summed E-state index contributed by atoms with van der Waals surface area (Å²) >= 11 is 0. The van der Waals surface area contributed by atoms with Crippen LogP contribution in [0.4, 0.5) is 0 Å². The van der Waals surface area contributed by atoms with Crippen LogP contribution >= 0.6 is 0 Å². The molecule has 0 unspecified atom stereocenters. The van der Waals surface area contributed by atoms with Crippen molar-refractivity contribution >= 4 is 9.84 Å². The average Bonchev–Trinajstić information content (AvgIpc) is 2.79. The van der Waals surface area contributed by atoms with Crippen molar-refractivity contribution in [2.75, 3.05) is 0 Å². The predicted molar refractivity (Wildman–Crippen MR) is 57.9 cm³/mol. The second-order valence-corrected chi connectivity index (χ2v) is 5.67. The molecule has 0 aromatic carbocycles. The van der Waals surface area contributed by atoms with E-state index >= 15 is 0 Å². The van der Waals surface area contributed by atoms with Crippen LogP contribution in [-0.2, 0) is 22.6 Å². The minimum Gasteiger partial charge on any atom is -0.361 e. The molecule has 0 amide bonds. The van der Waals surface area contributed by atoms with Gasteiger partial charge in [-0.1, -0.05) is 5.16 Å². The highest BCUT2D eigenvalue weighted by Gasteiger charge is 2.24. The van der Waals surface area contributed by atoms with Gasteiger partial charge in [0.2, 0.25) is 15.0 Å². The van der Waals surface area contributed by atoms with E-state index in [9.17, 15) is 8.42 Å². The molecule has 0 aliphatic rings. The number of nitrogens with zero attached hydrogens (tertiary/aromatic N) is 4. The summed E-state index contributed by atoms with van der Waals surface area (Å²) in [4.78, 5) is 0. The SMILES string of the molecule is Cc1noc(C)c1CS(=O)(=O)c1nncn1C. The Bertz CT molecular complexity index is 622. The third kappa shape index (κ3) is 2.07. The summed E-state index contributed by atoms with van der Waals surface area (Å²) in [6, 6.07) is 0. The van der Waals surface area contributed by atoms with Crippen LogP contribution in [0.5, 0.6) is 0 Å². The summed E-state index contributed by atoms with van der Waals surface area (Å²) in [6.45, 7) is 3.39. The van der Waals surface area contributed by atoms with E-state index in [4.69, 9.17) is 4.52 Å². The van der Waals surface area contributed by atoms with E-state index in [0.717, 1.165) is 0 Å². The van der Waals surface area contributed by atoms with Crippen LogP contribution in [0.25, 0.3) is 0 Å². The number of aryl methyl sites for hydroxylation is 3. The normalized spacial score (nSPS) is 11.9. The summed E-state index contributed by atoms with van der Waals surface area (Å²) < 4.78 is 30.5. The molecule has 2 aromatic rings. The van der Waals surface area contributed by atoms with Crippen LogP contribution in [0.15, 0.2) is 16.0 Å². The van der Waals surface area contributed by atoms with Crippen molar-refractivity contribution in [1.82, 2.24) is 19.9 Å². The molecule has 0 fully saturated rings. The molecule has 2 rings (SSSR count). The van der Waals surface area contributed by atoms with E-state index in [0.29, 0.717) is 17.0 Å². The van der Waals surface area contributed by atoms with Gasteiger partial charge in [0.15, 0.2) is 0 Å². The van der Waals surface area contributed by atoms with Gasteiger partial charge in [0.05, 0.1) is 11.4 Å². The summed E-state index contributed by atoms with van der Waals surface area (Å²) in [5.74, 6) is 0.328. The largest absolute Gasteiger partial charge is 0.361 e. The van der Waals surface area contributed by atoms with Crippen LogP contribution < -0.4 is 0 Å². The van der Waals surface area contributed by atoms with Gasteiger partial charge in [-0.2, -0.15) is 0 Å². The van der Waals surface area contributed by atoms with Gasteiger partial charge in [-0.3, -0.25) is 0 Å². The number of sulfone groups is 1. The standard InChI is InChI=1S/C9H12N4O3S/c1-6-8(7(2)16-12-6)4-17(14,15)9-11-10-5-13(9)3/h5H,4H2,1-3H3. The second-order valence-electron chi connectivity index (χ2n) is 3.79. The average molecular weight is 256 g/mol. The van der Waals surface area contributed by atoms with Crippen molar-refractivity contribution in [3.05, 3.63) is 23.3 Å². The molecule has 17 heavy (non-hydrogen) atoms. The Morgan fingerprint density at radius 1 is 1.41 bits per heavy atom. The molecule has 0 radical (unpaired) electrons. The topological polar surface area (TPSA) is 90.9 Å². The first-order valence-electron chi connectivity index (χ1n) is 4.90. The molecule has 2 aromatic heterocycles. The van der Waals surface area contributed by atoms with Gasteiger partial charge in [-0.25, -0.2) is 8.42 Å². The van der Waals surface area contributed by atoms with Crippen LogP contribution in [0.2, 0.25) is 0 Å². The third-order valence-corrected chi connectivity index (χ3v) is 4.06. The molecule has 8 heteroatoms. The molecule has 0 aliphatic heterocycles. The zero-order chi connectivity index (χ0) is 12.6. The smallest absolute Gasteiger partial charge is 0.249 e. The van der Waals surface area contributed by atoms with E-state index in [1.165, 1.54) is 10.9 Å². The van der Waals surface area contributed by atoms with Gasteiger partial charge in [0, 0.05) is 12.6 Å². The van der Waals surface area contributed by atoms with E-state index in [1.54, 1.807) is 20.9 Å². The lowest BCUT2D eigenvalue weighted by atomic mass is 10.2. The molecular formula is C9H12N4O3S. The first-order chi connectivity index (χ1) is 7.92. The van der Waals surface area contributed by atoms with Crippen LogP contribution in [-0.4, -0.2) is 28.3 Å². The highest BCUT2D eigenvalue weighted by atomic mass is 32.2. The van der Waals surface area contributed by atoms with Gasteiger partial charge in [-0.05, 0) is 13.8 Å². The maximum atomic E-state index is 12.1. The van der Waals surface area contributed by atoms with Gasteiger partial charge in [0.1, 0.15) is 12.1 Å². The Kier molecular flexibility index (Phi) is 2.74. The maximum Gasteiger partial charge on any atom is 0.249 e. The zero-order valence-corrected chi connectivity index (χ0v) is 10.5. The van der Waals surface area contributed by atoms with Gasteiger partial charge >= 0.3 is 0 Å². The molecule has 0 saturated carbocycles. The number of hydrogen-bond donors (Lipinski definition) is 0. The first-order valence-corrected chi connectivity index (χ1v) is 6.55. The maximum absolute atomic E-state index is 12.1. The van der Waals surface area contributed by atoms with Crippen molar-refractivity contribution in [2.24, 2.45) is 7.05 Å². The quantitative estimate of drug-likeness (QED) is 0.789. The number of hydrogen-bond acceptors (Lipinski definition) is 6. The highest BCUT2D eigenvalue weighted by molar-refractivity contribution is 7.90. The van der Waals surface area contributed by atoms with Crippen LogP contribution in [0.1, 0.15) is 17.0 Å². The van der Waals surface area contributed by atoms with E-state index in [1.807, 2.05) is 0 Å². The van der Waals surface area contributed by atoms with Crippen molar-refractivity contribution in [3.63, 3.8) is 0 Å². The van der Waals surface area contributed by atoms with Crippen LogP contribution in [0.3, 0.4) is 0 Å². The van der Waals surface area contributed by atoms with E-state index in [2.05, 4.69) is 15.4 Å². The van der Waals surface area contributed by atoms with Crippen molar-refractivity contribution in [2.45, 2.75) is 24.8 Å². The van der Waals surface area contributed by atoms with Gasteiger partial charge < -0.3 is 9.09 Å². The summed E-state index contributed by atoms with van der Waals surface area (Å²) in [5.41, 5.74) is 1.15. The fraction of sp³-hybridized carbons (Fsp3) is 0.444. The Hall–Kier alpha value is -1.70. The lowest BCUT2D eigenvalue weighted by Gasteiger charge is -2.02. The van der Waals surface area contributed by atoms with Crippen LogP contribution in [0, 0.1) is 13.8 Å². The molecule has 0 atom stereocenters. The van der Waals surface area contributed by atoms with Gasteiger partial charge in [0.25, 0.3) is 0 Å². The molecule has 2 heterocycles. The predicted octanol–water partition coefficient (Wildman–Crippen LogP) is 0.394. The molecule has 0 N–H and O–H groups in total. The molecular weight excluding hydrogens is 244 g/mol. The van der Waals surface area contributed by atoms with Gasteiger partial charge in [-0.15, -0.1) is 10.2 Å². The lowest BCUT2D eigenvalue weighted by Crippen LogP contribution is -2.11.